The van der Waals surface area contributed by atoms with E-state index in [1.807, 2.05) is 31.2 Å². The second kappa shape index (κ2) is 13.0. The van der Waals surface area contributed by atoms with Crippen LogP contribution in [0.5, 0.6) is 11.5 Å². The lowest BCUT2D eigenvalue weighted by atomic mass is 9.95. The molecule has 1 fully saturated rings. The molecule has 1 aliphatic heterocycles. The zero-order valence-corrected chi connectivity index (χ0v) is 25.2. The van der Waals surface area contributed by atoms with Crippen LogP contribution in [0.25, 0.3) is 5.76 Å². The van der Waals surface area contributed by atoms with Gasteiger partial charge in [0.05, 0.1) is 24.4 Å². The van der Waals surface area contributed by atoms with Crippen molar-refractivity contribution < 1.29 is 33.7 Å². The predicted octanol–water partition coefficient (Wildman–Crippen LogP) is 6.32. The number of aliphatic hydroxyl groups excluding tert-OH is 1. The van der Waals surface area contributed by atoms with Gasteiger partial charge in [-0.3, -0.25) is 14.5 Å². The van der Waals surface area contributed by atoms with E-state index in [0.717, 1.165) is 22.5 Å². The fourth-order valence-corrected chi connectivity index (χ4v) is 5.86. The van der Waals surface area contributed by atoms with Crippen molar-refractivity contribution in [1.82, 2.24) is 4.98 Å². The maximum atomic E-state index is 13.5. The number of esters is 1. The van der Waals surface area contributed by atoms with E-state index in [0.29, 0.717) is 41.5 Å². The Hall–Kier alpha value is -5.22. The summed E-state index contributed by atoms with van der Waals surface area (Å²) >= 11 is 0.935. The number of anilines is 1. The molecule has 10 heteroatoms. The molecule has 1 N–H and O–H groups in total. The number of ketones is 1. The van der Waals surface area contributed by atoms with Crippen molar-refractivity contribution in [3.8, 4) is 11.5 Å². The maximum absolute atomic E-state index is 13.5. The molecule has 1 unspecified atom stereocenters. The van der Waals surface area contributed by atoms with Gasteiger partial charge >= 0.3 is 11.9 Å². The van der Waals surface area contributed by atoms with Crippen LogP contribution in [0.15, 0.2) is 91.0 Å². The van der Waals surface area contributed by atoms with E-state index in [1.54, 1.807) is 61.5 Å². The number of benzene rings is 3. The normalized spacial score (nSPS) is 15.7. The number of hydrogen-bond acceptors (Lipinski definition) is 9. The Bertz CT molecular complexity index is 1760. The number of thiazole rings is 1. The third kappa shape index (κ3) is 6.11. The van der Waals surface area contributed by atoms with Crippen LogP contribution in [0.1, 0.15) is 43.7 Å². The van der Waals surface area contributed by atoms with E-state index < -0.39 is 23.7 Å². The number of nitrogens with zero attached hydrogens (tertiary/aromatic N) is 2. The van der Waals surface area contributed by atoms with Gasteiger partial charge in [-0.2, -0.15) is 0 Å². The molecule has 44 heavy (non-hydrogen) atoms. The Labute approximate surface area is 258 Å². The van der Waals surface area contributed by atoms with Crippen LogP contribution in [0.2, 0.25) is 0 Å². The fourth-order valence-electron chi connectivity index (χ4n) is 4.85. The Morgan fingerprint density at radius 1 is 1.02 bits per heavy atom. The number of hydrogen-bond donors (Lipinski definition) is 1. The lowest BCUT2D eigenvalue weighted by molar-refractivity contribution is -0.132. The zero-order chi connectivity index (χ0) is 31.4. The largest absolute Gasteiger partial charge is 0.507 e. The van der Waals surface area contributed by atoms with Crippen LogP contribution in [0, 0.1) is 13.8 Å². The minimum atomic E-state index is -1.03. The molecule has 0 spiro atoms. The van der Waals surface area contributed by atoms with Crippen molar-refractivity contribution in [1.29, 1.82) is 0 Å². The summed E-state index contributed by atoms with van der Waals surface area (Å²) in [6.45, 7) is 7.94. The van der Waals surface area contributed by atoms with Gasteiger partial charge in [0, 0.05) is 5.56 Å². The summed E-state index contributed by atoms with van der Waals surface area (Å²) in [7, 11) is 1.25. The third-order valence-corrected chi connectivity index (χ3v) is 8.12. The van der Waals surface area contributed by atoms with E-state index in [9.17, 15) is 19.5 Å². The standard InChI is InChI=1S/C34H30N2O7S/c1-5-17-42-25-13-9-23(10-14-25)28-27(30(38)32(39)36(28)34-35-21(3)31(44-34)33(40)41-4)29(37)24-11-15-26(16-12-24)43-19-22-8-6-7-20(2)18-22/h5-16,18,28,37H,1,17,19H2,2-4H3/b29-27+. The lowest BCUT2D eigenvalue weighted by Crippen LogP contribution is -2.29. The van der Waals surface area contributed by atoms with Gasteiger partial charge < -0.3 is 19.3 Å². The molecule has 4 aromatic rings. The highest BCUT2D eigenvalue weighted by atomic mass is 32.1. The number of carbonyl (C=O) groups excluding carboxylic acids is 3. The molecular weight excluding hydrogens is 580 g/mol. The van der Waals surface area contributed by atoms with Gasteiger partial charge in [-0.15, -0.1) is 0 Å². The number of Topliss-reactive ketones (excluding diaryl/α,β-unsaturated/α-hetero) is 1. The van der Waals surface area contributed by atoms with Crippen LogP contribution >= 0.6 is 11.3 Å². The van der Waals surface area contributed by atoms with Crippen LogP contribution in [0.3, 0.4) is 0 Å². The summed E-state index contributed by atoms with van der Waals surface area (Å²) in [5.74, 6) is -1.59. The van der Waals surface area contributed by atoms with Crippen molar-refractivity contribution in [2.45, 2.75) is 26.5 Å². The van der Waals surface area contributed by atoms with Crippen molar-refractivity contribution in [3.63, 3.8) is 0 Å². The van der Waals surface area contributed by atoms with Gasteiger partial charge in [0.15, 0.2) is 5.13 Å². The first-order valence-corrected chi connectivity index (χ1v) is 14.5. The van der Waals surface area contributed by atoms with Gasteiger partial charge in [0.1, 0.15) is 35.3 Å². The first kappa shape index (κ1) is 30.2. The summed E-state index contributed by atoms with van der Waals surface area (Å²) in [6.07, 6.45) is 1.62. The monoisotopic (exact) mass is 610 g/mol. The average molecular weight is 611 g/mol. The van der Waals surface area contributed by atoms with E-state index in [-0.39, 0.29) is 21.3 Å². The highest BCUT2D eigenvalue weighted by molar-refractivity contribution is 7.17. The van der Waals surface area contributed by atoms with Gasteiger partial charge in [0.2, 0.25) is 0 Å². The quantitative estimate of drug-likeness (QED) is 0.0730. The molecule has 9 nitrogen and oxygen atoms in total. The van der Waals surface area contributed by atoms with Gasteiger partial charge in [-0.1, -0.05) is 66.0 Å². The maximum Gasteiger partial charge on any atom is 0.350 e. The second-order valence-corrected chi connectivity index (χ2v) is 11.0. The second-order valence-electron chi connectivity index (χ2n) is 10.0. The number of methoxy groups -OCH3 is 1. The van der Waals surface area contributed by atoms with Crippen molar-refractivity contribution >= 4 is 39.9 Å². The van der Waals surface area contributed by atoms with E-state index >= 15 is 0 Å². The molecule has 1 aromatic heterocycles. The van der Waals surface area contributed by atoms with Crippen LogP contribution < -0.4 is 14.4 Å². The highest BCUT2D eigenvalue weighted by Crippen LogP contribution is 2.44. The fraction of sp³-hybridized carbons (Fsp3) is 0.176. The SMILES string of the molecule is C=CCOc1ccc(C2/C(=C(\O)c3ccc(OCc4cccc(C)c4)cc3)C(=O)C(=O)N2c2nc(C)c(C(=O)OC)s2)cc1. The summed E-state index contributed by atoms with van der Waals surface area (Å²) in [5.41, 5.74) is 3.24. The number of aryl methyl sites for hydroxylation is 2. The van der Waals surface area contributed by atoms with Crippen LogP contribution in [-0.4, -0.2) is 41.5 Å². The van der Waals surface area contributed by atoms with Crippen molar-refractivity contribution in [2.24, 2.45) is 0 Å². The number of aromatic nitrogens is 1. The number of rotatable bonds is 10. The van der Waals surface area contributed by atoms with Crippen LogP contribution in [-0.2, 0) is 20.9 Å². The van der Waals surface area contributed by atoms with Gasteiger partial charge in [0.25, 0.3) is 5.78 Å². The zero-order valence-electron chi connectivity index (χ0n) is 24.4. The summed E-state index contributed by atoms with van der Waals surface area (Å²) < 4.78 is 16.3. The van der Waals surface area contributed by atoms with Crippen LogP contribution in [0.4, 0.5) is 5.13 Å². The Balaban J connectivity index is 1.53. The minimum absolute atomic E-state index is 0.115. The summed E-state index contributed by atoms with van der Waals surface area (Å²) in [5, 5.41) is 11.6. The molecule has 2 heterocycles. The van der Waals surface area contributed by atoms with E-state index in [2.05, 4.69) is 11.6 Å². The molecule has 0 saturated carbocycles. The number of ether oxygens (including phenoxy) is 3. The molecular formula is C34H30N2O7S. The molecule has 0 radical (unpaired) electrons. The van der Waals surface area contributed by atoms with Gasteiger partial charge in [-0.05, 0) is 61.4 Å². The van der Waals surface area contributed by atoms with E-state index in [1.165, 1.54) is 12.0 Å². The van der Waals surface area contributed by atoms with Gasteiger partial charge in [-0.25, -0.2) is 9.78 Å². The minimum Gasteiger partial charge on any atom is -0.507 e. The molecule has 5 rings (SSSR count). The summed E-state index contributed by atoms with van der Waals surface area (Å²) in [6, 6.07) is 20.4. The van der Waals surface area contributed by atoms with E-state index in [4.69, 9.17) is 14.2 Å². The summed E-state index contributed by atoms with van der Waals surface area (Å²) in [4.78, 5) is 45.2. The average Bonchev–Trinajstić information content (AvgIpc) is 3.54. The first-order chi connectivity index (χ1) is 21.2. The molecule has 3 aromatic carbocycles. The third-order valence-electron chi connectivity index (χ3n) is 6.99. The molecule has 1 amide bonds. The van der Waals surface area contributed by atoms with Crippen molar-refractivity contribution in [3.05, 3.63) is 124 Å². The Morgan fingerprint density at radius 3 is 2.36 bits per heavy atom. The molecule has 1 saturated heterocycles. The highest BCUT2D eigenvalue weighted by Gasteiger charge is 2.48. The van der Waals surface area contributed by atoms with Crippen molar-refractivity contribution in [2.75, 3.05) is 18.6 Å². The predicted molar refractivity (Wildman–Crippen MR) is 167 cm³/mol. The molecule has 1 atom stereocenters. The molecule has 0 bridgehead atoms. The smallest absolute Gasteiger partial charge is 0.350 e. The lowest BCUT2D eigenvalue weighted by Gasteiger charge is -2.23. The Kier molecular flexibility index (Phi) is 8.91. The Morgan fingerprint density at radius 2 is 1.70 bits per heavy atom. The molecule has 1 aliphatic rings. The number of carbonyl (C=O) groups is 3. The molecule has 0 aliphatic carbocycles. The number of amides is 1. The number of aliphatic hydroxyl groups is 1. The molecule has 224 valence electrons. The first-order valence-electron chi connectivity index (χ1n) is 13.7. The topological polar surface area (TPSA) is 115 Å².